The number of aryl methyl sites for hydroxylation is 1. The molecule has 3 N–H and O–H groups in total. The zero-order chi connectivity index (χ0) is 20.3. The highest BCUT2D eigenvalue weighted by molar-refractivity contribution is 5.85. The van der Waals surface area contributed by atoms with Crippen molar-refractivity contribution in [2.75, 3.05) is 18.0 Å². The molecule has 3 rings (SSSR count). The maximum Gasteiger partial charge on any atom is 0.417 e. The molecular weight excluding hydrogens is 440 g/mol. The van der Waals surface area contributed by atoms with Gasteiger partial charge in [0.1, 0.15) is 11.9 Å². The number of hydrogen-bond donors (Lipinski definition) is 2. The molecule has 10 heteroatoms. The maximum atomic E-state index is 12.6. The Bertz CT molecular complexity index is 808. The summed E-state index contributed by atoms with van der Waals surface area (Å²) in [6.07, 6.45) is -2.19. The fraction of sp³-hybridized carbons (Fsp3) is 0.400. The summed E-state index contributed by atoms with van der Waals surface area (Å²) in [6.45, 7) is 3.17. The number of carbonyl (C=O) groups is 1. The molecule has 0 spiro atoms. The first kappa shape index (κ1) is 26.0. The Morgan fingerprint density at radius 2 is 1.73 bits per heavy atom. The molecule has 1 atom stereocenters. The van der Waals surface area contributed by atoms with Gasteiger partial charge in [-0.1, -0.05) is 29.8 Å². The van der Waals surface area contributed by atoms with E-state index in [4.69, 9.17) is 5.73 Å². The molecule has 0 saturated carbocycles. The number of nitrogens with one attached hydrogen (secondary N) is 1. The molecule has 1 unspecified atom stereocenters. The largest absolute Gasteiger partial charge is 0.417 e. The second-order valence-electron chi connectivity index (χ2n) is 7.06. The molecule has 0 aliphatic carbocycles. The number of pyridine rings is 1. The number of halogens is 5. The number of aromatic nitrogens is 1. The number of hydrogen-bond acceptors (Lipinski definition) is 4. The lowest BCUT2D eigenvalue weighted by Gasteiger charge is -2.33. The van der Waals surface area contributed by atoms with Crippen molar-refractivity contribution in [3.8, 4) is 0 Å². The Hall–Kier alpha value is -2.03. The summed E-state index contributed by atoms with van der Waals surface area (Å²) >= 11 is 0. The summed E-state index contributed by atoms with van der Waals surface area (Å²) in [5, 5.41) is 2.97. The fourth-order valence-corrected chi connectivity index (χ4v) is 3.21. The van der Waals surface area contributed by atoms with Gasteiger partial charge >= 0.3 is 6.18 Å². The summed E-state index contributed by atoms with van der Waals surface area (Å²) in [5.74, 6) is 0.282. The van der Waals surface area contributed by atoms with Gasteiger partial charge in [-0.2, -0.15) is 13.2 Å². The Kier molecular flexibility index (Phi) is 9.39. The third-order valence-corrected chi connectivity index (χ3v) is 4.96. The van der Waals surface area contributed by atoms with E-state index in [1.54, 1.807) is 0 Å². The van der Waals surface area contributed by atoms with Crippen LogP contribution >= 0.6 is 24.8 Å². The Morgan fingerprint density at radius 1 is 1.13 bits per heavy atom. The Labute approximate surface area is 186 Å². The van der Waals surface area contributed by atoms with Crippen molar-refractivity contribution >= 4 is 36.5 Å². The van der Waals surface area contributed by atoms with Crippen LogP contribution in [-0.4, -0.2) is 30.0 Å². The van der Waals surface area contributed by atoms with Crippen LogP contribution in [0.1, 0.15) is 35.6 Å². The molecule has 2 aromatic rings. The molecule has 2 heterocycles. The van der Waals surface area contributed by atoms with Gasteiger partial charge in [0.2, 0.25) is 5.91 Å². The van der Waals surface area contributed by atoms with E-state index in [1.165, 1.54) is 6.07 Å². The first-order chi connectivity index (χ1) is 13.2. The quantitative estimate of drug-likeness (QED) is 0.716. The first-order valence-corrected chi connectivity index (χ1v) is 9.15. The van der Waals surface area contributed by atoms with Crippen molar-refractivity contribution in [2.24, 2.45) is 5.73 Å². The van der Waals surface area contributed by atoms with Crippen LogP contribution in [0.25, 0.3) is 0 Å². The molecule has 1 saturated heterocycles. The first-order valence-electron chi connectivity index (χ1n) is 9.15. The van der Waals surface area contributed by atoms with E-state index >= 15 is 0 Å². The van der Waals surface area contributed by atoms with E-state index < -0.39 is 17.8 Å². The second kappa shape index (κ2) is 10.8. The minimum atomic E-state index is -4.39. The standard InChI is InChI=1S/C20H23F3N4O.2ClH/c1-13-2-4-14(5-3-13)18(24)19(28)26-16-8-10-27(11-9-16)17-7-6-15(12-25-17)20(21,22)23;;/h2-7,12,16,18H,8-11,24H2,1H3,(H,26,28);2*1H. The van der Waals surface area contributed by atoms with Crippen LogP contribution in [0, 0.1) is 6.92 Å². The van der Waals surface area contributed by atoms with E-state index in [1.807, 2.05) is 36.1 Å². The van der Waals surface area contributed by atoms with Crippen LogP contribution < -0.4 is 16.0 Å². The summed E-state index contributed by atoms with van der Waals surface area (Å²) in [4.78, 5) is 18.3. The van der Waals surface area contributed by atoms with Crippen molar-refractivity contribution in [2.45, 2.75) is 38.0 Å². The maximum absolute atomic E-state index is 12.6. The number of benzene rings is 1. The van der Waals surface area contributed by atoms with Gasteiger partial charge in [0.05, 0.1) is 5.56 Å². The summed E-state index contributed by atoms with van der Waals surface area (Å²) in [7, 11) is 0. The van der Waals surface area contributed by atoms with Gasteiger partial charge < -0.3 is 16.0 Å². The molecule has 1 aromatic carbocycles. The number of rotatable bonds is 4. The molecule has 0 bridgehead atoms. The molecule has 30 heavy (non-hydrogen) atoms. The highest BCUT2D eigenvalue weighted by Gasteiger charge is 2.31. The smallest absolute Gasteiger partial charge is 0.356 e. The molecule has 1 aliphatic heterocycles. The average Bonchev–Trinajstić information content (AvgIpc) is 2.68. The summed E-state index contributed by atoms with van der Waals surface area (Å²) < 4.78 is 37.9. The number of carbonyl (C=O) groups excluding carboxylic acids is 1. The SMILES string of the molecule is Cc1ccc(C(N)C(=O)NC2CCN(c3ccc(C(F)(F)F)cn3)CC2)cc1.Cl.Cl. The highest BCUT2D eigenvalue weighted by atomic mass is 35.5. The van der Waals surface area contributed by atoms with E-state index in [0.29, 0.717) is 31.7 Å². The number of piperidine rings is 1. The number of anilines is 1. The molecule has 1 fully saturated rings. The lowest BCUT2D eigenvalue weighted by molar-refractivity contribution is -0.137. The predicted molar refractivity (Wildman–Crippen MR) is 115 cm³/mol. The van der Waals surface area contributed by atoms with E-state index in [0.717, 1.165) is 23.4 Å². The molecule has 1 aliphatic rings. The predicted octanol–water partition coefficient (Wildman–Crippen LogP) is 4.04. The van der Waals surface area contributed by atoms with Gasteiger partial charge in [-0.05, 0) is 37.5 Å². The highest BCUT2D eigenvalue weighted by Crippen LogP contribution is 2.29. The lowest BCUT2D eigenvalue weighted by atomic mass is 10.0. The number of amides is 1. The van der Waals surface area contributed by atoms with Crippen LogP contribution in [0.2, 0.25) is 0 Å². The number of nitrogens with zero attached hydrogens (tertiary/aromatic N) is 2. The molecule has 166 valence electrons. The minimum absolute atomic E-state index is 0. The van der Waals surface area contributed by atoms with Crippen molar-refractivity contribution in [1.29, 1.82) is 0 Å². The normalized spacial score (nSPS) is 15.6. The lowest BCUT2D eigenvalue weighted by Crippen LogP contribution is -2.47. The van der Waals surface area contributed by atoms with Crippen molar-refractivity contribution < 1.29 is 18.0 Å². The van der Waals surface area contributed by atoms with E-state index in [-0.39, 0.29) is 36.8 Å². The zero-order valence-electron chi connectivity index (χ0n) is 16.4. The van der Waals surface area contributed by atoms with Gasteiger partial charge in [-0.25, -0.2) is 4.98 Å². The molecule has 1 amide bonds. The van der Waals surface area contributed by atoms with Crippen LogP contribution in [-0.2, 0) is 11.0 Å². The van der Waals surface area contributed by atoms with E-state index in [2.05, 4.69) is 10.3 Å². The topological polar surface area (TPSA) is 71.2 Å². The number of alkyl halides is 3. The van der Waals surface area contributed by atoms with Crippen molar-refractivity contribution in [3.05, 3.63) is 59.3 Å². The second-order valence-corrected chi connectivity index (χ2v) is 7.06. The molecular formula is C20H25Cl2F3N4O. The van der Waals surface area contributed by atoms with Crippen LogP contribution in [0.3, 0.4) is 0 Å². The van der Waals surface area contributed by atoms with Crippen LogP contribution in [0.15, 0.2) is 42.6 Å². The average molecular weight is 465 g/mol. The van der Waals surface area contributed by atoms with Crippen molar-refractivity contribution in [3.63, 3.8) is 0 Å². The Morgan fingerprint density at radius 3 is 2.23 bits per heavy atom. The third-order valence-electron chi connectivity index (χ3n) is 4.96. The molecule has 5 nitrogen and oxygen atoms in total. The van der Waals surface area contributed by atoms with Crippen LogP contribution in [0.5, 0.6) is 0 Å². The minimum Gasteiger partial charge on any atom is -0.356 e. The van der Waals surface area contributed by atoms with Crippen molar-refractivity contribution in [1.82, 2.24) is 10.3 Å². The van der Waals surface area contributed by atoms with E-state index in [9.17, 15) is 18.0 Å². The molecule has 1 aromatic heterocycles. The molecule has 0 radical (unpaired) electrons. The summed E-state index contributed by atoms with van der Waals surface area (Å²) in [5.41, 5.74) is 7.14. The van der Waals surface area contributed by atoms with Gasteiger partial charge in [0.25, 0.3) is 0 Å². The van der Waals surface area contributed by atoms with Gasteiger partial charge in [-0.3, -0.25) is 4.79 Å². The van der Waals surface area contributed by atoms with Crippen LogP contribution in [0.4, 0.5) is 19.0 Å². The third kappa shape index (κ3) is 6.48. The van der Waals surface area contributed by atoms with Gasteiger partial charge in [0, 0.05) is 25.3 Å². The fourth-order valence-electron chi connectivity index (χ4n) is 3.21. The number of nitrogens with two attached hydrogens (primary N) is 1. The monoisotopic (exact) mass is 464 g/mol. The van der Waals surface area contributed by atoms with Gasteiger partial charge in [-0.15, -0.1) is 24.8 Å². The van der Waals surface area contributed by atoms with Gasteiger partial charge in [0.15, 0.2) is 0 Å². The zero-order valence-corrected chi connectivity index (χ0v) is 18.0. The summed E-state index contributed by atoms with van der Waals surface area (Å²) in [6, 6.07) is 9.20. The Balaban J connectivity index is 0.00000225.